The summed E-state index contributed by atoms with van der Waals surface area (Å²) < 4.78 is 60.4. The van der Waals surface area contributed by atoms with E-state index in [1.165, 1.54) is 6.92 Å². The van der Waals surface area contributed by atoms with Crippen LogP contribution in [0, 0.1) is 11.3 Å². The molecule has 3 heterocycles. The molecule has 0 radical (unpaired) electrons. The van der Waals surface area contributed by atoms with Crippen molar-refractivity contribution in [3.05, 3.63) is 12.7 Å². The highest BCUT2D eigenvalue weighted by atomic mass is 32.2. The Morgan fingerprint density at radius 2 is 1.66 bits per heavy atom. The molecule has 0 aliphatic carbocycles. The maximum atomic E-state index is 12.6. The topological polar surface area (TPSA) is 452 Å². The Morgan fingerprint density at radius 1 is 1.00 bits per heavy atom. The van der Waals surface area contributed by atoms with Gasteiger partial charge in [-0.3, -0.25) is 32.9 Å². The first-order valence-corrected chi connectivity index (χ1v) is 23.4. The fourth-order valence-corrected chi connectivity index (χ4v) is 8.80. The van der Waals surface area contributed by atoms with Gasteiger partial charge in [-0.05, 0) is 6.42 Å². The number of carbonyl (C=O) groups is 5. The maximum Gasteiger partial charge on any atom is 0.274 e. The van der Waals surface area contributed by atoms with Crippen molar-refractivity contribution in [3.63, 3.8) is 0 Å². The van der Waals surface area contributed by atoms with Crippen LogP contribution < -0.4 is 41.0 Å². The number of Topliss-reactive ketones (excluding diaryl/α,β-unsaturated/α-hetero) is 1. The summed E-state index contributed by atoms with van der Waals surface area (Å²) in [7, 11) is -17.7. The summed E-state index contributed by atoms with van der Waals surface area (Å²) in [6.45, 7) is 0.971. The van der Waals surface area contributed by atoms with Gasteiger partial charge in [0.1, 0.15) is 42.0 Å². The van der Waals surface area contributed by atoms with Gasteiger partial charge in [0.05, 0.1) is 33.5 Å². The molecule has 0 aromatic carbocycles. The number of anilines is 1. The van der Waals surface area contributed by atoms with Crippen LogP contribution in [0.1, 0.15) is 52.7 Å². The van der Waals surface area contributed by atoms with E-state index in [9.17, 15) is 77.7 Å². The summed E-state index contributed by atoms with van der Waals surface area (Å²) in [5, 5.41) is 46.2. The molecule has 3 unspecified atom stereocenters. The van der Waals surface area contributed by atoms with Crippen LogP contribution >= 0.6 is 35.2 Å². The van der Waals surface area contributed by atoms with Crippen molar-refractivity contribution in [2.24, 2.45) is 11.3 Å². The SMILES string of the molecule is CC(C(=O)CCC(=O)[O-])[C@H](O)CC(=O)SCCNC(=O)CCNC(=O)[C@H](O)C(C)(C)COP(=O)([O-])OP(=O)([O-])OC[C@H]1O[C@@H](n2cnc3c(N)ncnc32)[C@H](O)[C@@H]1OP(=O)([O-])[O-]. The number of ether oxygens (including phenoxy) is 1. The highest BCUT2D eigenvalue weighted by Gasteiger charge is 2.47. The smallest absolute Gasteiger partial charge is 0.274 e. The Bertz CT molecular complexity index is 2070. The first-order chi connectivity index (χ1) is 28.6. The average molecular weight is 963 g/mol. The Kier molecular flexibility index (Phi) is 19.3. The van der Waals surface area contributed by atoms with E-state index in [-0.39, 0.29) is 48.7 Å². The lowest BCUT2D eigenvalue weighted by Gasteiger charge is -2.36. The van der Waals surface area contributed by atoms with E-state index < -0.39 is 126 Å². The van der Waals surface area contributed by atoms with Crippen molar-refractivity contribution in [2.75, 3.05) is 37.8 Å². The van der Waals surface area contributed by atoms with Gasteiger partial charge in [0, 0.05) is 55.4 Å². The van der Waals surface area contributed by atoms with Gasteiger partial charge in [-0.25, -0.2) is 19.3 Å². The van der Waals surface area contributed by atoms with Crippen LogP contribution in [0.25, 0.3) is 11.2 Å². The molecule has 350 valence electrons. The van der Waals surface area contributed by atoms with Gasteiger partial charge in [-0.1, -0.05) is 32.5 Å². The van der Waals surface area contributed by atoms with Gasteiger partial charge in [0.25, 0.3) is 15.6 Å². The van der Waals surface area contributed by atoms with Crippen LogP contribution in [0.2, 0.25) is 0 Å². The van der Waals surface area contributed by atoms with Gasteiger partial charge in [0.15, 0.2) is 22.8 Å². The van der Waals surface area contributed by atoms with E-state index in [0.29, 0.717) is 0 Å². The minimum atomic E-state index is -5.96. The molecule has 1 aliphatic heterocycles. The Labute approximate surface area is 355 Å². The number of aliphatic carboxylic acids is 1. The normalized spacial score (nSPS) is 21.6. The van der Waals surface area contributed by atoms with E-state index in [4.69, 9.17) is 10.5 Å². The second-order valence-corrected chi connectivity index (χ2v) is 19.3. The van der Waals surface area contributed by atoms with Crippen LogP contribution in [0.3, 0.4) is 0 Å². The number of hydrogen-bond acceptors (Lipinski definition) is 26. The second kappa shape index (κ2) is 22.5. The lowest BCUT2D eigenvalue weighted by atomic mass is 9.87. The predicted octanol–water partition coefficient (Wildman–Crippen LogP) is -5.38. The second-order valence-electron chi connectivity index (χ2n) is 14.1. The first-order valence-electron chi connectivity index (χ1n) is 18.0. The number of aromatic nitrogens is 4. The van der Waals surface area contributed by atoms with E-state index in [1.807, 2.05) is 0 Å². The molecule has 2 amide bonds. The highest BCUT2D eigenvalue weighted by molar-refractivity contribution is 8.13. The van der Waals surface area contributed by atoms with Crippen molar-refractivity contribution in [3.8, 4) is 0 Å². The van der Waals surface area contributed by atoms with Crippen LogP contribution in [0.15, 0.2) is 12.7 Å². The highest BCUT2D eigenvalue weighted by Crippen LogP contribution is 2.56. The van der Waals surface area contributed by atoms with Crippen molar-refractivity contribution >= 4 is 80.9 Å². The number of hydrogen-bond donors (Lipinski definition) is 6. The average Bonchev–Trinajstić information content (AvgIpc) is 3.73. The van der Waals surface area contributed by atoms with Crippen molar-refractivity contribution in [2.45, 2.75) is 83.2 Å². The zero-order valence-corrected chi connectivity index (χ0v) is 36.4. The molecular formula is C30H43N7O21P3S-5. The van der Waals surface area contributed by atoms with Crippen molar-refractivity contribution in [1.82, 2.24) is 30.2 Å². The summed E-state index contributed by atoms with van der Waals surface area (Å²) in [4.78, 5) is 119. The number of carboxylic acid groups (broad SMARTS) is 1. The molecule has 1 fully saturated rings. The minimum absolute atomic E-state index is 0.0136. The third-order valence-corrected chi connectivity index (χ3v) is 12.7. The van der Waals surface area contributed by atoms with E-state index in [0.717, 1.165) is 42.8 Å². The number of nitrogens with two attached hydrogens (primary N) is 1. The number of nitrogens with zero attached hydrogens (tertiary/aromatic N) is 4. The molecule has 62 heavy (non-hydrogen) atoms. The third-order valence-electron chi connectivity index (χ3n) is 8.78. The lowest BCUT2D eigenvalue weighted by molar-refractivity contribution is -0.347. The molecule has 1 saturated heterocycles. The van der Waals surface area contributed by atoms with E-state index >= 15 is 0 Å². The molecule has 28 nitrogen and oxygen atoms in total. The molecular weight excluding hydrogens is 919 g/mol. The maximum absolute atomic E-state index is 12.6. The Morgan fingerprint density at radius 3 is 2.31 bits per heavy atom. The molecule has 0 bridgehead atoms. The number of ketones is 1. The molecule has 2 aromatic heterocycles. The standard InChI is InChI=1S/C30H48N7O21P3S/c1-15(16(38)4-5-20(41)42)17(39)10-21(43)62-9-8-32-19(40)6-7-33-28(46)25(45)30(2,3)12-55-61(52,53)58-60(50,51)54-11-18-24(57-59(47,48)49)23(44)29(56-18)37-14-36-22-26(31)34-13-35-27(22)37/h13-15,17-18,23-25,29,39,44-45H,4-12H2,1-3H3,(H,32,40)(H,33,46)(H,41,42)(H,50,51)(H,52,53)(H2,31,34,35)(H2,47,48,49)/p-5/t15?,17-,18-,23-,24-,25+,29-/m1/s1. The fourth-order valence-electron chi connectivity index (χ4n) is 5.35. The molecule has 7 N–H and O–H groups in total. The van der Waals surface area contributed by atoms with Crippen LogP contribution in [0.5, 0.6) is 0 Å². The number of fused-ring (bicyclic) bond motifs is 1. The lowest BCUT2D eigenvalue weighted by Crippen LogP contribution is -2.46. The number of aliphatic hydroxyl groups excluding tert-OH is 3. The number of amides is 2. The molecule has 0 spiro atoms. The molecule has 9 atom stereocenters. The number of phosphoric ester groups is 3. The third kappa shape index (κ3) is 16.3. The molecule has 2 aromatic rings. The summed E-state index contributed by atoms with van der Waals surface area (Å²) in [5.41, 5.74) is 3.96. The van der Waals surface area contributed by atoms with E-state index in [2.05, 4.69) is 43.5 Å². The van der Waals surface area contributed by atoms with Crippen molar-refractivity contribution in [1.29, 1.82) is 0 Å². The molecule has 0 saturated carbocycles. The summed E-state index contributed by atoms with van der Waals surface area (Å²) in [5.74, 6) is -4.65. The van der Waals surface area contributed by atoms with Crippen LogP contribution in [-0.4, -0.2) is 126 Å². The Balaban J connectivity index is 1.43. The Hall–Kier alpha value is -3.34. The number of nitrogens with one attached hydrogen (secondary N) is 2. The summed E-state index contributed by atoms with van der Waals surface area (Å²) in [6, 6.07) is 0. The van der Waals surface area contributed by atoms with Gasteiger partial charge < -0.3 is 84.0 Å². The minimum Gasteiger partial charge on any atom is -0.790 e. The zero-order chi connectivity index (χ0) is 46.8. The molecule has 32 heteroatoms. The number of rotatable bonds is 26. The number of carboxylic acids is 1. The number of imidazole rings is 1. The monoisotopic (exact) mass is 962 g/mol. The number of thioether (sulfide) groups is 1. The number of nitrogen functional groups attached to an aromatic ring is 1. The van der Waals surface area contributed by atoms with E-state index in [1.54, 1.807) is 0 Å². The summed E-state index contributed by atoms with van der Waals surface area (Å²) >= 11 is 0.759. The summed E-state index contributed by atoms with van der Waals surface area (Å²) in [6.07, 6.45) is -10.5. The number of phosphoric acid groups is 3. The first kappa shape index (κ1) is 53.0. The van der Waals surface area contributed by atoms with Gasteiger partial charge >= 0.3 is 0 Å². The fraction of sp³-hybridized carbons (Fsp3) is 0.667. The van der Waals surface area contributed by atoms with Crippen LogP contribution in [0.4, 0.5) is 5.82 Å². The van der Waals surface area contributed by atoms with Gasteiger partial charge in [-0.15, -0.1) is 0 Å². The number of aliphatic hydroxyl groups is 3. The van der Waals surface area contributed by atoms with Gasteiger partial charge in [0.2, 0.25) is 11.8 Å². The largest absolute Gasteiger partial charge is 0.790 e. The predicted molar refractivity (Wildman–Crippen MR) is 197 cm³/mol. The molecule has 1 aliphatic rings. The zero-order valence-electron chi connectivity index (χ0n) is 32.9. The number of carbonyl (C=O) groups excluding carboxylic acids is 5. The van der Waals surface area contributed by atoms with Crippen LogP contribution in [-0.2, 0) is 60.3 Å². The molecule has 3 rings (SSSR count). The van der Waals surface area contributed by atoms with Gasteiger partial charge in [-0.2, -0.15) is 0 Å². The quantitative estimate of drug-likeness (QED) is 0.0379. The van der Waals surface area contributed by atoms with Crippen molar-refractivity contribution < 1.29 is 100 Å².